The van der Waals surface area contributed by atoms with E-state index < -0.39 is 4.92 Å². The first-order valence-corrected chi connectivity index (χ1v) is 8.82. The van der Waals surface area contributed by atoms with Crippen molar-refractivity contribution < 1.29 is 9.72 Å². The van der Waals surface area contributed by atoms with Crippen molar-refractivity contribution in [3.05, 3.63) is 74.1 Å². The van der Waals surface area contributed by atoms with E-state index in [0.29, 0.717) is 27.5 Å². The van der Waals surface area contributed by atoms with Gasteiger partial charge in [0.1, 0.15) is 0 Å². The van der Waals surface area contributed by atoms with E-state index in [4.69, 9.17) is 0 Å². The predicted octanol–water partition coefficient (Wildman–Crippen LogP) is 4.90. The van der Waals surface area contributed by atoms with Crippen LogP contribution in [0.3, 0.4) is 0 Å². The lowest BCUT2D eigenvalue weighted by Crippen LogP contribution is -2.13. The molecular weight excluding hydrogens is 350 g/mol. The lowest BCUT2D eigenvalue weighted by molar-refractivity contribution is -0.385. The highest BCUT2D eigenvalue weighted by atomic mass is 32.1. The second-order valence-corrected chi connectivity index (χ2v) is 6.93. The van der Waals surface area contributed by atoms with Gasteiger partial charge in [0.15, 0.2) is 5.13 Å². The fourth-order valence-electron chi connectivity index (χ4n) is 2.66. The summed E-state index contributed by atoms with van der Waals surface area (Å²) in [5, 5.41) is 16.1. The molecule has 0 radical (unpaired) electrons. The van der Waals surface area contributed by atoms with E-state index in [1.807, 2.05) is 26.0 Å². The number of aromatic nitrogens is 1. The summed E-state index contributed by atoms with van der Waals surface area (Å²) in [6.45, 7) is 5.56. The number of nitrogens with one attached hydrogen (secondary N) is 1. The Hall–Kier alpha value is -3.06. The molecule has 3 rings (SSSR count). The molecule has 0 unspecified atom stereocenters. The van der Waals surface area contributed by atoms with Crippen molar-refractivity contribution in [2.24, 2.45) is 0 Å². The Morgan fingerprint density at radius 1 is 1.12 bits per heavy atom. The minimum absolute atomic E-state index is 0.0522. The molecule has 0 saturated carbocycles. The highest BCUT2D eigenvalue weighted by molar-refractivity contribution is 7.14. The summed E-state index contributed by atoms with van der Waals surface area (Å²) in [6, 6.07) is 10.6. The largest absolute Gasteiger partial charge is 0.298 e. The molecule has 0 aliphatic rings. The quantitative estimate of drug-likeness (QED) is 0.525. The molecule has 0 aliphatic carbocycles. The number of carbonyl (C=O) groups is 1. The monoisotopic (exact) mass is 367 g/mol. The van der Waals surface area contributed by atoms with Crippen LogP contribution in [0.15, 0.2) is 41.8 Å². The van der Waals surface area contributed by atoms with Gasteiger partial charge in [0.05, 0.1) is 10.6 Å². The minimum atomic E-state index is -0.409. The van der Waals surface area contributed by atoms with Gasteiger partial charge in [-0.15, -0.1) is 11.3 Å². The average Bonchev–Trinajstić information content (AvgIpc) is 3.03. The number of aryl methyl sites for hydroxylation is 3. The number of rotatable bonds is 4. The zero-order valence-corrected chi connectivity index (χ0v) is 15.4. The van der Waals surface area contributed by atoms with E-state index >= 15 is 0 Å². The number of nitro benzene ring substituents is 1. The summed E-state index contributed by atoms with van der Waals surface area (Å²) in [5.41, 5.74) is 4.47. The Balaban J connectivity index is 1.83. The van der Waals surface area contributed by atoms with E-state index in [1.54, 1.807) is 30.5 Å². The topological polar surface area (TPSA) is 85.1 Å². The van der Waals surface area contributed by atoms with Crippen LogP contribution >= 0.6 is 11.3 Å². The number of carbonyl (C=O) groups excluding carboxylic acids is 1. The Labute approximate surface area is 154 Å². The molecule has 0 bridgehead atoms. The summed E-state index contributed by atoms with van der Waals surface area (Å²) in [4.78, 5) is 27.5. The van der Waals surface area contributed by atoms with Crippen molar-refractivity contribution in [3.8, 4) is 11.3 Å². The lowest BCUT2D eigenvalue weighted by atomic mass is 10.1. The first-order chi connectivity index (χ1) is 12.3. The zero-order valence-electron chi connectivity index (χ0n) is 14.6. The van der Waals surface area contributed by atoms with Gasteiger partial charge in [-0.3, -0.25) is 20.2 Å². The normalized spacial score (nSPS) is 10.6. The number of nitrogens with zero attached hydrogens (tertiary/aromatic N) is 2. The van der Waals surface area contributed by atoms with Crippen molar-refractivity contribution in [1.29, 1.82) is 0 Å². The maximum Gasteiger partial charge on any atom is 0.272 e. The van der Waals surface area contributed by atoms with Crippen LogP contribution in [0.4, 0.5) is 10.8 Å². The average molecular weight is 367 g/mol. The van der Waals surface area contributed by atoms with Crippen molar-refractivity contribution >= 4 is 28.1 Å². The molecule has 0 fully saturated rings. The van der Waals surface area contributed by atoms with Crippen molar-refractivity contribution in [3.63, 3.8) is 0 Å². The zero-order chi connectivity index (χ0) is 18.8. The third-order valence-electron chi connectivity index (χ3n) is 4.05. The maximum atomic E-state index is 12.4. The highest BCUT2D eigenvalue weighted by Gasteiger charge is 2.15. The third kappa shape index (κ3) is 3.62. The van der Waals surface area contributed by atoms with Crippen LogP contribution in [0.1, 0.15) is 27.0 Å². The second kappa shape index (κ2) is 7.05. The standard InChI is InChI=1S/C19H17N3O3S/c1-11-4-7-15(13(3)8-11)18(23)21-19-20-16(10-26-19)14-6-5-12(2)17(9-14)22(24)25/h4-10H,1-3H3,(H,20,21,23). The van der Waals surface area contributed by atoms with Gasteiger partial charge in [-0.2, -0.15) is 0 Å². The molecule has 7 heteroatoms. The predicted molar refractivity (Wildman–Crippen MR) is 103 cm³/mol. The van der Waals surface area contributed by atoms with Crippen LogP contribution in [-0.4, -0.2) is 15.8 Å². The molecule has 0 spiro atoms. The summed E-state index contributed by atoms with van der Waals surface area (Å²) in [6.07, 6.45) is 0. The van der Waals surface area contributed by atoms with Crippen molar-refractivity contribution in [2.45, 2.75) is 20.8 Å². The molecule has 26 heavy (non-hydrogen) atoms. The fourth-order valence-corrected chi connectivity index (χ4v) is 3.38. The first kappa shape index (κ1) is 17.8. The number of hydrogen-bond acceptors (Lipinski definition) is 5. The van der Waals surface area contributed by atoms with Crippen LogP contribution in [0.5, 0.6) is 0 Å². The van der Waals surface area contributed by atoms with Crippen molar-refractivity contribution in [2.75, 3.05) is 5.32 Å². The molecular formula is C19H17N3O3S. The van der Waals surface area contributed by atoms with E-state index in [1.165, 1.54) is 17.4 Å². The third-order valence-corrected chi connectivity index (χ3v) is 4.81. The summed E-state index contributed by atoms with van der Waals surface area (Å²) >= 11 is 1.28. The first-order valence-electron chi connectivity index (χ1n) is 7.94. The summed E-state index contributed by atoms with van der Waals surface area (Å²) in [5.74, 6) is -0.224. The maximum absolute atomic E-state index is 12.4. The van der Waals surface area contributed by atoms with Gasteiger partial charge in [0.25, 0.3) is 11.6 Å². The summed E-state index contributed by atoms with van der Waals surface area (Å²) < 4.78 is 0. The van der Waals surface area contributed by atoms with E-state index in [-0.39, 0.29) is 11.6 Å². The molecule has 132 valence electrons. The number of thiazole rings is 1. The number of hydrogen-bond donors (Lipinski definition) is 1. The van der Waals surface area contributed by atoms with Gasteiger partial charge in [0, 0.05) is 28.1 Å². The van der Waals surface area contributed by atoms with E-state index in [2.05, 4.69) is 10.3 Å². The Morgan fingerprint density at radius 3 is 2.58 bits per heavy atom. The molecule has 1 aromatic heterocycles. The Morgan fingerprint density at radius 2 is 1.88 bits per heavy atom. The molecule has 0 atom stereocenters. The van der Waals surface area contributed by atoms with Gasteiger partial charge in [-0.25, -0.2) is 4.98 Å². The van der Waals surface area contributed by atoms with Crippen LogP contribution in [-0.2, 0) is 0 Å². The van der Waals surface area contributed by atoms with Gasteiger partial charge >= 0.3 is 0 Å². The number of nitro groups is 1. The van der Waals surface area contributed by atoms with Gasteiger partial charge in [0.2, 0.25) is 0 Å². The van der Waals surface area contributed by atoms with E-state index in [0.717, 1.165) is 11.1 Å². The number of amides is 1. The molecule has 1 heterocycles. The minimum Gasteiger partial charge on any atom is -0.298 e. The number of anilines is 1. The van der Waals surface area contributed by atoms with Crippen LogP contribution in [0, 0.1) is 30.9 Å². The van der Waals surface area contributed by atoms with Gasteiger partial charge in [-0.1, -0.05) is 29.8 Å². The second-order valence-electron chi connectivity index (χ2n) is 6.07. The molecule has 1 N–H and O–H groups in total. The molecule has 1 amide bonds. The van der Waals surface area contributed by atoms with Crippen LogP contribution in [0.25, 0.3) is 11.3 Å². The van der Waals surface area contributed by atoms with E-state index in [9.17, 15) is 14.9 Å². The van der Waals surface area contributed by atoms with Gasteiger partial charge < -0.3 is 0 Å². The number of benzene rings is 2. The lowest BCUT2D eigenvalue weighted by Gasteiger charge is -2.06. The van der Waals surface area contributed by atoms with Crippen molar-refractivity contribution in [1.82, 2.24) is 4.98 Å². The molecule has 0 aliphatic heterocycles. The van der Waals surface area contributed by atoms with Crippen LogP contribution in [0.2, 0.25) is 0 Å². The molecule has 2 aromatic carbocycles. The summed E-state index contributed by atoms with van der Waals surface area (Å²) in [7, 11) is 0. The SMILES string of the molecule is Cc1ccc(C(=O)Nc2nc(-c3ccc(C)c([N+](=O)[O-])c3)cs2)c(C)c1. The Kier molecular flexibility index (Phi) is 4.81. The highest BCUT2D eigenvalue weighted by Crippen LogP contribution is 2.29. The molecule has 6 nitrogen and oxygen atoms in total. The molecule has 3 aromatic rings. The van der Waals surface area contributed by atoms with Crippen LogP contribution < -0.4 is 5.32 Å². The van der Waals surface area contributed by atoms with Gasteiger partial charge in [-0.05, 0) is 32.4 Å². The fraction of sp³-hybridized carbons (Fsp3) is 0.158. The smallest absolute Gasteiger partial charge is 0.272 e. The molecule has 0 saturated heterocycles. The Bertz CT molecular complexity index is 1010.